The molecule has 5 nitrogen and oxygen atoms in total. The SMILES string of the molecule is COc1ccc(COC[C@@H](OCc2ccccc2)[C@H]2CC[C@H](COCc3ccccc3)O2)cc1. The summed E-state index contributed by atoms with van der Waals surface area (Å²) in [5.41, 5.74) is 3.42. The molecule has 1 aliphatic rings. The van der Waals surface area contributed by atoms with Crippen LogP contribution < -0.4 is 4.74 Å². The normalized spacial score (nSPS) is 18.6. The first-order valence-corrected chi connectivity index (χ1v) is 11.9. The van der Waals surface area contributed by atoms with E-state index in [9.17, 15) is 0 Å². The summed E-state index contributed by atoms with van der Waals surface area (Å²) in [5.74, 6) is 0.840. The van der Waals surface area contributed by atoms with Gasteiger partial charge in [-0.1, -0.05) is 72.8 Å². The van der Waals surface area contributed by atoms with E-state index in [2.05, 4.69) is 24.3 Å². The van der Waals surface area contributed by atoms with Gasteiger partial charge in [-0.3, -0.25) is 0 Å². The highest BCUT2D eigenvalue weighted by Crippen LogP contribution is 2.25. The van der Waals surface area contributed by atoms with E-state index in [1.165, 1.54) is 5.56 Å². The molecule has 0 N–H and O–H groups in total. The van der Waals surface area contributed by atoms with Crippen molar-refractivity contribution in [3.63, 3.8) is 0 Å². The Balaban J connectivity index is 1.27. The molecule has 0 aromatic heterocycles. The molecule has 0 aliphatic carbocycles. The summed E-state index contributed by atoms with van der Waals surface area (Å²) in [6.45, 7) is 2.72. The molecule has 0 unspecified atom stereocenters. The third kappa shape index (κ3) is 7.67. The minimum Gasteiger partial charge on any atom is -0.497 e. The maximum absolute atomic E-state index is 6.34. The third-order valence-corrected chi connectivity index (χ3v) is 5.99. The molecule has 1 heterocycles. The second kappa shape index (κ2) is 13.3. The van der Waals surface area contributed by atoms with Gasteiger partial charge < -0.3 is 23.7 Å². The Hall–Kier alpha value is -2.70. The van der Waals surface area contributed by atoms with Crippen LogP contribution in [0.1, 0.15) is 29.5 Å². The van der Waals surface area contributed by atoms with Crippen LogP contribution in [0, 0.1) is 0 Å². The first kappa shape index (κ1) is 24.4. The molecule has 3 atom stereocenters. The molecule has 1 saturated heterocycles. The van der Waals surface area contributed by atoms with Gasteiger partial charge in [0.05, 0.1) is 52.4 Å². The van der Waals surface area contributed by atoms with Crippen LogP contribution in [-0.2, 0) is 38.8 Å². The standard InChI is InChI=1S/C29H34O5/c1-30-26-14-12-25(13-15-26)19-32-22-29(33-20-24-10-6-3-7-11-24)28-17-16-27(34-28)21-31-18-23-8-4-2-5-9-23/h2-15,27-29H,16-22H2,1H3/t27-,28-,29-/m1/s1. The first-order chi connectivity index (χ1) is 16.8. The summed E-state index contributed by atoms with van der Waals surface area (Å²) in [6, 6.07) is 28.4. The van der Waals surface area contributed by atoms with Crippen molar-refractivity contribution in [1.82, 2.24) is 0 Å². The summed E-state index contributed by atoms with van der Waals surface area (Å²) in [7, 11) is 1.67. The molecule has 3 aromatic carbocycles. The van der Waals surface area contributed by atoms with Gasteiger partial charge >= 0.3 is 0 Å². The van der Waals surface area contributed by atoms with Crippen LogP contribution in [0.25, 0.3) is 0 Å². The summed E-state index contributed by atoms with van der Waals surface area (Å²) in [5, 5.41) is 0. The Morgan fingerprint density at radius 1 is 0.735 bits per heavy atom. The molecule has 180 valence electrons. The Morgan fingerprint density at radius 2 is 1.35 bits per heavy atom. The largest absolute Gasteiger partial charge is 0.497 e. The third-order valence-electron chi connectivity index (χ3n) is 5.99. The molecule has 0 radical (unpaired) electrons. The first-order valence-electron chi connectivity index (χ1n) is 11.9. The van der Waals surface area contributed by atoms with Gasteiger partial charge in [-0.15, -0.1) is 0 Å². The van der Waals surface area contributed by atoms with Crippen molar-refractivity contribution < 1.29 is 23.7 Å². The fourth-order valence-electron chi connectivity index (χ4n) is 4.07. The van der Waals surface area contributed by atoms with E-state index in [1.807, 2.05) is 60.7 Å². The summed E-state index contributed by atoms with van der Waals surface area (Å²) < 4.78 is 29.8. The van der Waals surface area contributed by atoms with Gasteiger partial charge in [0.15, 0.2) is 0 Å². The number of hydrogen-bond donors (Lipinski definition) is 0. The van der Waals surface area contributed by atoms with Crippen molar-refractivity contribution in [2.45, 2.75) is 51.0 Å². The number of ether oxygens (including phenoxy) is 5. The smallest absolute Gasteiger partial charge is 0.118 e. The molecule has 0 bridgehead atoms. The maximum Gasteiger partial charge on any atom is 0.118 e. The number of rotatable bonds is 13. The summed E-state index contributed by atoms with van der Waals surface area (Å²) >= 11 is 0. The van der Waals surface area contributed by atoms with Crippen molar-refractivity contribution in [2.24, 2.45) is 0 Å². The lowest BCUT2D eigenvalue weighted by Gasteiger charge is -2.24. The molecule has 34 heavy (non-hydrogen) atoms. The average Bonchev–Trinajstić information content (AvgIpc) is 3.36. The van der Waals surface area contributed by atoms with Gasteiger partial charge in [0, 0.05) is 0 Å². The Bertz CT molecular complexity index is 945. The second-order valence-corrected chi connectivity index (χ2v) is 8.57. The van der Waals surface area contributed by atoms with Crippen molar-refractivity contribution in [3.05, 3.63) is 102 Å². The van der Waals surface area contributed by atoms with Gasteiger partial charge in [0.25, 0.3) is 0 Å². The molecular weight excluding hydrogens is 428 g/mol. The molecule has 5 heteroatoms. The molecule has 0 spiro atoms. The van der Waals surface area contributed by atoms with Gasteiger partial charge in [-0.2, -0.15) is 0 Å². The highest BCUT2D eigenvalue weighted by Gasteiger charge is 2.32. The fourth-order valence-corrected chi connectivity index (χ4v) is 4.07. The number of methoxy groups -OCH3 is 1. The van der Waals surface area contributed by atoms with Gasteiger partial charge in [0.1, 0.15) is 11.9 Å². The molecular formula is C29H34O5. The van der Waals surface area contributed by atoms with Crippen LogP contribution in [0.3, 0.4) is 0 Å². The minimum absolute atomic E-state index is 0.00935. The fraction of sp³-hybridized carbons (Fsp3) is 0.379. The van der Waals surface area contributed by atoms with Crippen molar-refractivity contribution in [1.29, 1.82) is 0 Å². The number of hydrogen-bond acceptors (Lipinski definition) is 5. The maximum atomic E-state index is 6.34. The van der Waals surface area contributed by atoms with E-state index in [0.717, 1.165) is 29.7 Å². The lowest BCUT2D eigenvalue weighted by Crippen LogP contribution is -2.34. The van der Waals surface area contributed by atoms with Crippen LogP contribution >= 0.6 is 0 Å². The van der Waals surface area contributed by atoms with E-state index in [0.29, 0.717) is 33.0 Å². The van der Waals surface area contributed by atoms with Crippen LogP contribution in [0.15, 0.2) is 84.9 Å². The Kier molecular flexibility index (Phi) is 9.52. The Labute approximate surface area is 202 Å². The minimum atomic E-state index is -0.141. The van der Waals surface area contributed by atoms with Crippen LogP contribution in [0.4, 0.5) is 0 Å². The van der Waals surface area contributed by atoms with E-state index < -0.39 is 0 Å². The molecule has 1 aliphatic heterocycles. The molecule has 3 aromatic rings. The average molecular weight is 463 g/mol. The van der Waals surface area contributed by atoms with Crippen molar-refractivity contribution in [2.75, 3.05) is 20.3 Å². The summed E-state index contributed by atoms with van der Waals surface area (Å²) in [6.07, 6.45) is 1.83. The number of benzene rings is 3. The highest BCUT2D eigenvalue weighted by atomic mass is 16.6. The zero-order valence-electron chi connectivity index (χ0n) is 19.8. The quantitative estimate of drug-likeness (QED) is 0.333. The van der Waals surface area contributed by atoms with E-state index in [-0.39, 0.29) is 18.3 Å². The zero-order chi connectivity index (χ0) is 23.4. The van der Waals surface area contributed by atoms with Crippen molar-refractivity contribution >= 4 is 0 Å². The Morgan fingerprint density at radius 3 is 2.03 bits per heavy atom. The molecule has 0 saturated carbocycles. The predicted octanol–water partition coefficient (Wildman–Crippen LogP) is 5.56. The monoisotopic (exact) mass is 462 g/mol. The predicted molar refractivity (Wildman–Crippen MR) is 132 cm³/mol. The molecule has 4 rings (SSSR count). The lowest BCUT2D eigenvalue weighted by molar-refractivity contribution is -0.117. The van der Waals surface area contributed by atoms with Gasteiger partial charge in [0.2, 0.25) is 0 Å². The van der Waals surface area contributed by atoms with E-state index in [4.69, 9.17) is 23.7 Å². The summed E-state index contributed by atoms with van der Waals surface area (Å²) in [4.78, 5) is 0. The zero-order valence-corrected chi connectivity index (χ0v) is 19.8. The van der Waals surface area contributed by atoms with Crippen LogP contribution in [0.2, 0.25) is 0 Å². The lowest BCUT2D eigenvalue weighted by atomic mass is 10.1. The van der Waals surface area contributed by atoms with Gasteiger partial charge in [-0.25, -0.2) is 0 Å². The molecule has 0 amide bonds. The highest BCUT2D eigenvalue weighted by molar-refractivity contribution is 5.26. The second-order valence-electron chi connectivity index (χ2n) is 8.57. The van der Waals surface area contributed by atoms with E-state index >= 15 is 0 Å². The topological polar surface area (TPSA) is 46.2 Å². The van der Waals surface area contributed by atoms with E-state index in [1.54, 1.807) is 7.11 Å². The van der Waals surface area contributed by atoms with Crippen LogP contribution in [0.5, 0.6) is 5.75 Å². The molecule has 1 fully saturated rings. The van der Waals surface area contributed by atoms with Crippen LogP contribution in [-0.4, -0.2) is 38.6 Å². The van der Waals surface area contributed by atoms with Crippen molar-refractivity contribution in [3.8, 4) is 5.75 Å². The van der Waals surface area contributed by atoms with Gasteiger partial charge in [-0.05, 0) is 41.7 Å².